The Morgan fingerprint density at radius 3 is 1.91 bits per heavy atom. The predicted octanol–water partition coefficient (Wildman–Crippen LogP) is 8.44. The summed E-state index contributed by atoms with van der Waals surface area (Å²) in [5.74, 6) is -0.0240. The Labute approximate surface area is 210 Å². The fourth-order valence-corrected chi connectivity index (χ4v) is 4.63. The Balaban J connectivity index is 1.11. The summed E-state index contributed by atoms with van der Waals surface area (Å²) in [6.45, 7) is 0. The van der Waals surface area contributed by atoms with E-state index in [0.717, 1.165) is 12.8 Å². The Bertz CT molecular complexity index is 1060. The number of unbranched alkanes of at least 4 members (excludes halogenated alkanes) is 12. The van der Waals surface area contributed by atoms with Gasteiger partial charge in [-0.3, -0.25) is 9.59 Å². The van der Waals surface area contributed by atoms with Crippen LogP contribution in [-0.4, -0.2) is 5.91 Å². The van der Waals surface area contributed by atoms with Crippen molar-refractivity contribution in [3.8, 4) is 0 Å². The SMILES string of the molecule is O=C(CCCCCCCCCCCCCCCc1ccccc1)Nc1cccc2c(=O)ccoc12. The first kappa shape index (κ1) is 26.7. The number of rotatable bonds is 17. The van der Waals surface area contributed by atoms with Crippen LogP contribution in [0.1, 0.15) is 95.5 Å². The quantitative estimate of drug-likeness (QED) is 0.199. The van der Waals surface area contributed by atoms with Crippen molar-refractivity contribution < 1.29 is 9.21 Å². The molecular formula is C31H41NO3. The minimum absolute atomic E-state index is 0.0240. The fraction of sp³-hybridized carbons (Fsp3) is 0.484. The van der Waals surface area contributed by atoms with Gasteiger partial charge in [-0.1, -0.05) is 107 Å². The Morgan fingerprint density at radius 1 is 0.657 bits per heavy atom. The van der Waals surface area contributed by atoms with E-state index in [1.165, 1.54) is 94.9 Å². The van der Waals surface area contributed by atoms with Crippen LogP contribution in [0.2, 0.25) is 0 Å². The second-order valence-corrected chi connectivity index (χ2v) is 9.60. The number of carbonyl (C=O) groups excluding carboxylic acids is 1. The maximum Gasteiger partial charge on any atom is 0.224 e. The molecule has 0 aliphatic heterocycles. The minimum atomic E-state index is -0.100. The van der Waals surface area contributed by atoms with E-state index in [4.69, 9.17) is 4.42 Å². The highest BCUT2D eigenvalue weighted by molar-refractivity contribution is 5.99. The molecule has 3 rings (SSSR count). The van der Waals surface area contributed by atoms with Gasteiger partial charge in [-0.05, 0) is 37.0 Å². The van der Waals surface area contributed by atoms with E-state index in [1.54, 1.807) is 18.2 Å². The molecule has 0 fully saturated rings. The topological polar surface area (TPSA) is 59.3 Å². The second kappa shape index (κ2) is 15.9. The van der Waals surface area contributed by atoms with Crippen LogP contribution in [0, 0.1) is 0 Å². The summed E-state index contributed by atoms with van der Waals surface area (Å²) in [5.41, 5.74) is 2.37. The Morgan fingerprint density at radius 2 is 1.26 bits per heavy atom. The van der Waals surface area contributed by atoms with E-state index < -0.39 is 0 Å². The number of anilines is 1. The smallest absolute Gasteiger partial charge is 0.224 e. The van der Waals surface area contributed by atoms with Gasteiger partial charge in [-0.2, -0.15) is 0 Å². The lowest BCUT2D eigenvalue weighted by atomic mass is 10.0. The van der Waals surface area contributed by atoms with Crippen LogP contribution in [0.4, 0.5) is 5.69 Å². The first-order valence-corrected chi connectivity index (χ1v) is 13.6. The molecule has 2 aromatic carbocycles. The first-order chi connectivity index (χ1) is 17.2. The highest BCUT2D eigenvalue weighted by Crippen LogP contribution is 2.21. The van der Waals surface area contributed by atoms with Gasteiger partial charge in [0.2, 0.25) is 5.91 Å². The molecule has 1 N–H and O–H groups in total. The first-order valence-electron chi connectivity index (χ1n) is 13.6. The van der Waals surface area contributed by atoms with Crippen LogP contribution in [0.25, 0.3) is 11.0 Å². The minimum Gasteiger partial charge on any atom is -0.462 e. The van der Waals surface area contributed by atoms with Crippen LogP contribution < -0.4 is 10.7 Å². The molecule has 0 radical (unpaired) electrons. The molecule has 4 heteroatoms. The number of aryl methyl sites for hydroxylation is 1. The fourth-order valence-electron chi connectivity index (χ4n) is 4.63. The third-order valence-corrected chi connectivity index (χ3v) is 6.67. The van der Waals surface area contributed by atoms with Crippen LogP contribution in [0.15, 0.2) is 70.1 Å². The average molecular weight is 476 g/mol. The Hall–Kier alpha value is -2.88. The van der Waals surface area contributed by atoms with E-state index in [9.17, 15) is 9.59 Å². The molecule has 188 valence electrons. The van der Waals surface area contributed by atoms with E-state index in [2.05, 4.69) is 35.6 Å². The van der Waals surface area contributed by atoms with Gasteiger partial charge in [0.1, 0.15) is 0 Å². The van der Waals surface area contributed by atoms with Crippen molar-refractivity contribution in [3.05, 3.63) is 76.6 Å². The molecule has 0 aliphatic rings. The van der Waals surface area contributed by atoms with Gasteiger partial charge in [0.15, 0.2) is 11.0 Å². The molecule has 35 heavy (non-hydrogen) atoms. The molecule has 3 aromatic rings. The van der Waals surface area contributed by atoms with Gasteiger partial charge in [-0.25, -0.2) is 0 Å². The van der Waals surface area contributed by atoms with Gasteiger partial charge < -0.3 is 9.73 Å². The van der Waals surface area contributed by atoms with Gasteiger partial charge in [-0.15, -0.1) is 0 Å². The summed E-state index contributed by atoms with van der Waals surface area (Å²) in [6.07, 6.45) is 19.7. The molecule has 1 heterocycles. The number of fused-ring (bicyclic) bond motifs is 1. The zero-order valence-corrected chi connectivity index (χ0v) is 21.1. The van der Waals surface area contributed by atoms with Crippen LogP contribution in [0.5, 0.6) is 0 Å². The molecule has 1 amide bonds. The zero-order valence-electron chi connectivity index (χ0n) is 21.1. The van der Waals surface area contributed by atoms with Crippen molar-refractivity contribution in [1.29, 1.82) is 0 Å². The van der Waals surface area contributed by atoms with E-state index in [0.29, 0.717) is 23.1 Å². The maximum atomic E-state index is 12.3. The van der Waals surface area contributed by atoms with Crippen molar-refractivity contribution in [1.82, 2.24) is 0 Å². The monoisotopic (exact) mass is 475 g/mol. The molecule has 0 aliphatic carbocycles. The lowest BCUT2D eigenvalue weighted by Gasteiger charge is -2.07. The number of amides is 1. The van der Waals surface area contributed by atoms with E-state index in [-0.39, 0.29) is 11.3 Å². The zero-order chi connectivity index (χ0) is 24.6. The van der Waals surface area contributed by atoms with E-state index in [1.807, 2.05) is 0 Å². The molecule has 1 aromatic heterocycles. The summed E-state index contributed by atoms with van der Waals surface area (Å²) in [5, 5.41) is 3.38. The van der Waals surface area contributed by atoms with Crippen molar-refractivity contribution in [3.63, 3.8) is 0 Å². The summed E-state index contributed by atoms with van der Waals surface area (Å²) in [4.78, 5) is 24.2. The largest absolute Gasteiger partial charge is 0.462 e. The lowest BCUT2D eigenvalue weighted by Crippen LogP contribution is -2.12. The third kappa shape index (κ3) is 10.1. The lowest BCUT2D eigenvalue weighted by molar-refractivity contribution is -0.116. The molecule has 0 unspecified atom stereocenters. The molecular weight excluding hydrogens is 434 g/mol. The van der Waals surface area contributed by atoms with Crippen LogP contribution in [-0.2, 0) is 11.2 Å². The van der Waals surface area contributed by atoms with Gasteiger partial charge >= 0.3 is 0 Å². The molecule has 0 bridgehead atoms. The van der Waals surface area contributed by atoms with Crippen molar-refractivity contribution >= 4 is 22.6 Å². The van der Waals surface area contributed by atoms with Crippen LogP contribution >= 0.6 is 0 Å². The number of hydrogen-bond acceptors (Lipinski definition) is 3. The predicted molar refractivity (Wildman–Crippen MR) is 146 cm³/mol. The number of para-hydroxylation sites is 1. The average Bonchev–Trinajstić information content (AvgIpc) is 2.87. The van der Waals surface area contributed by atoms with Crippen molar-refractivity contribution in [2.45, 2.75) is 96.3 Å². The van der Waals surface area contributed by atoms with Crippen LogP contribution in [0.3, 0.4) is 0 Å². The normalized spacial score (nSPS) is 11.1. The Kier molecular flexibility index (Phi) is 12.1. The highest BCUT2D eigenvalue weighted by atomic mass is 16.3. The van der Waals surface area contributed by atoms with Crippen molar-refractivity contribution in [2.24, 2.45) is 0 Å². The highest BCUT2D eigenvalue weighted by Gasteiger charge is 2.09. The van der Waals surface area contributed by atoms with Gasteiger partial charge in [0, 0.05) is 12.5 Å². The number of carbonyl (C=O) groups is 1. The summed E-state index contributed by atoms with van der Waals surface area (Å²) in [6, 6.07) is 17.5. The molecule has 4 nitrogen and oxygen atoms in total. The molecule has 0 saturated heterocycles. The number of benzene rings is 2. The second-order valence-electron chi connectivity index (χ2n) is 9.60. The maximum absolute atomic E-state index is 12.3. The molecule has 0 saturated carbocycles. The summed E-state index contributed by atoms with van der Waals surface area (Å²) in [7, 11) is 0. The van der Waals surface area contributed by atoms with Crippen molar-refractivity contribution in [2.75, 3.05) is 5.32 Å². The van der Waals surface area contributed by atoms with Gasteiger partial charge in [0.05, 0.1) is 17.3 Å². The number of hydrogen-bond donors (Lipinski definition) is 1. The number of nitrogens with one attached hydrogen (secondary N) is 1. The standard InChI is InChI=1S/C31H41NO3/c33-29-24-25-35-31-27(29)21-17-22-28(31)32-30(34)23-16-11-9-7-5-3-1-2-4-6-8-10-13-18-26-19-14-12-15-20-26/h12,14-15,17,19-22,24-25H,1-11,13,16,18,23H2,(H,32,34). The third-order valence-electron chi connectivity index (χ3n) is 6.67. The van der Waals surface area contributed by atoms with E-state index >= 15 is 0 Å². The molecule has 0 atom stereocenters. The summed E-state index contributed by atoms with van der Waals surface area (Å²) < 4.78 is 5.45. The van der Waals surface area contributed by atoms with Gasteiger partial charge in [0.25, 0.3) is 0 Å². The molecule has 0 spiro atoms. The summed E-state index contributed by atoms with van der Waals surface area (Å²) >= 11 is 0.